The van der Waals surface area contributed by atoms with E-state index in [-0.39, 0.29) is 5.82 Å². The van der Waals surface area contributed by atoms with Crippen molar-refractivity contribution in [2.45, 2.75) is 18.8 Å². The summed E-state index contributed by atoms with van der Waals surface area (Å²) in [7, 11) is 0. The molecule has 1 aromatic heterocycles. The Morgan fingerprint density at radius 1 is 1.41 bits per heavy atom. The summed E-state index contributed by atoms with van der Waals surface area (Å²) in [6.45, 7) is 0. The molecule has 5 heteroatoms. The van der Waals surface area contributed by atoms with Crippen LogP contribution in [-0.2, 0) is 0 Å². The molecule has 0 spiro atoms. The summed E-state index contributed by atoms with van der Waals surface area (Å²) in [6, 6.07) is 4.60. The van der Waals surface area contributed by atoms with Gasteiger partial charge in [-0.3, -0.25) is 0 Å². The van der Waals surface area contributed by atoms with Gasteiger partial charge in [0.05, 0.1) is 15.6 Å². The van der Waals surface area contributed by atoms with Gasteiger partial charge in [0.25, 0.3) is 0 Å². The lowest BCUT2D eigenvalue weighted by molar-refractivity contribution is 0.631. The minimum Gasteiger partial charge on any atom is -0.389 e. The SMILES string of the molecule is Nc1sc(C2CC2)nc1-c1c(F)cccc1Cl. The molecular weight excluding hydrogens is 259 g/mol. The van der Waals surface area contributed by atoms with Crippen molar-refractivity contribution < 1.29 is 4.39 Å². The van der Waals surface area contributed by atoms with Crippen molar-refractivity contribution in [2.75, 3.05) is 5.73 Å². The van der Waals surface area contributed by atoms with Gasteiger partial charge in [0.1, 0.15) is 16.5 Å². The predicted molar refractivity (Wildman–Crippen MR) is 68.9 cm³/mol. The van der Waals surface area contributed by atoms with Gasteiger partial charge in [-0.25, -0.2) is 9.37 Å². The van der Waals surface area contributed by atoms with E-state index in [0.717, 1.165) is 17.8 Å². The number of hydrogen-bond acceptors (Lipinski definition) is 3. The monoisotopic (exact) mass is 268 g/mol. The highest BCUT2D eigenvalue weighted by atomic mass is 35.5. The van der Waals surface area contributed by atoms with Crippen LogP contribution < -0.4 is 5.73 Å². The van der Waals surface area contributed by atoms with Crippen molar-refractivity contribution in [1.29, 1.82) is 0 Å². The number of aromatic nitrogens is 1. The van der Waals surface area contributed by atoms with Gasteiger partial charge < -0.3 is 5.73 Å². The van der Waals surface area contributed by atoms with Crippen LogP contribution in [0.4, 0.5) is 9.39 Å². The predicted octanol–water partition coefficient (Wildman–Crippen LogP) is 4.06. The van der Waals surface area contributed by atoms with Crippen LogP contribution >= 0.6 is 22.9 Å². The van der Waals surface area contributed by atoms with Crippen molar-refractivity contribution in [3.05, 3.63) is 34.0 Å². The maximum absolute atomic E-state index is 13.8. The first kappa shape index (κ1) is 11.0. The lowest BCUT2D eigenvalue weighted by Gasteiger charge is -2.03. The fourth-order valence-electron chi connectivity index (χ4n) is 1.76. The summed E-state index contributed by atoms with van der Waals surface area (Å²) < 4.78 is 13.8. The molecule has 1 aromatic carbocycles. The summed E-state index contributed by atoms with van der Waals surface area (Å²) in [5.74, 6) is 0.137. The van der Waals surface area contributed by atoms with Crippen molar-refractivity contribution in [3.8, 4) is 11.3 Å². The van der Waals surface area contributed by atoms with E-state index in [4.69, 9.17) is 17.3 Å². The number of nitrogen functional groups attached to an aromatic ring is 1. The number of benzene rings is 1. The standard InChI is InChI=1S/C12H10ClFN2S/c13-7-2-1-3-8(14)9(7)10-11(15)17-12(16-10)6-4-5-6/h1-3,6H,4-5,15H2. The minimum absolute atomic E-state index is 0.315. The van der Waals surface area contributed by atoms with Crippen LogP contribution in [0.2, 0.25) is 5.02 Å². The Bertz CT molecular complexity index is 558. The van der Waals surface area contributed by atoms with E-state index in [1.807, 2.05) is 0 Å². The lowest BCUT2D eigenvalue weighted by Crippen LogP contribution is -1.91. The molecule has 0 atom stereocenters. The zero-order valence-corrected chi connectivity index (χ0v) is 10.5. The maximum Gasteiger partial charge on any atom is 0.134 e. The summed E-state index contributed by atoms with van der Waals surface area (Å²) in [5.41, 5.74) is 6.71. The van der Waals surface area contributed by atoms with Crippen LogP contribution in [0.15, 0.2) is 18.2 Å². The molecule has 0 radical (unpaired) electrons. The molecule has 2 aromatic rings. The molecule has 0 bridgehead atoms. The van der Waals surface area contributed by atoms with E-state index in [0.29, 0.717) is 27.2 Å². The molecule has 1 saturated carbocycles. The van der Waals surface area contributed by atoms with Gasteiger partial charge in [0, 0.05) is 5.92 Å². The van der Waals surface area contributed by atoms with Crippen LogP contribution in [0, 0.1) is 5.82 Å². The van der Waals surface area contributed by atoms with Gasteiger partial charge in [-0.15, -0.1) is 11.3 Å². The molecule has 1 fully saturated rings. The normalized spacial score (nSPS) is 15.2. The Morgan fingerprint density at radius 3 is 2.82 bits per heavy atom. The van der Waals surface area contributed by atoms with E-state index < -0.39 is 0 Å². The second kappa shape index (κ2) is 3.96. The fourth-order valence-corrected chi connectivity index (χ4v) is 3.02. The zero-order chi connectivity index (χ0) is 12.0. The third-order valence-electron chi connectivity index (χ3n) is 2.80. The number of rotatable bonds is 2. The summed E-state index contributed by atoms with van der Waals surface area (Å²) >= 11 is 7.45. The topological polar surface area (TPSA) is 38.9 Å². The molecular formula is C12H10ClFN2S. The molecule has 2 N–H and O–H groups in total. The van der Waals surface area contributed by atoms with Crippen LogP contribution in [0.3, 0.4) is 0 Å². The molecule has 3 rings (SSSR count). The van der Waals surface area contributed by atoms with E-state index in [1.54, 1.807) is 12.1 Å². The lowest BCUT2D eigenvalue weighted by atomic mass is 10.1. The van der Waals surface area contributed by atoms with E-state index >= 15 is 0 Å². The quantitative estimate of drug-likeness (QED) is 0.892. The fraction of sp³-hybridized carbons (Fsp3) is 0.250. The van der Waals surface area contributed by atoms with Crippen molar-refractivity contribution in [2.24, 2.45) is 0 Å². The maximum atomic E-state index is 13.8. The molecule has 1 heterocycles. The molecule has 17 heavy (non-hydrogen) atoms. The Morgan fingerprint density at radius 2 is 2.18 bits per heavy atom. The largest absolute Gasteiger partial charge is 0.389 e. The second-order valence-electron chi connectivity index (χ2n) is 4.14. The molecule has 0 amide bonds. The van der Waals surface area contributed by atoms with Crippen LogP contribution in [0.25, 0.3) is 11.3 Å². The number of hydrogen-bond donors (Lipinski definition) is 1. The molecule has 0 unspecified atom stereocenters. The molecule has 88 valence electrons. The zero-order valence-electron chi connectivity index (χ0n) is 8.91. The third kappa shape index (κ3) is 1.91. The first-order valence-electron chi connectivity index (χ1n) is 5.37. The molecule has 0 saturated heterocycles. The molecule has 1 aliphatic rings. The average Bonchev–Trinajstić information content (AvgIpc) is 3.05. The van der Waals surface area contributed by atoms with Crippen molar-refractivity contribution in [1.82, 2.24) is 4.98 Å². The van der Waals surface area contributed by atoms with Crippen LogP contribution in [-0.4, -0.2) is 4.98 Å². The van der Waals surface area contributed by atoms with Gasteiger partial charge in [-0.1, -0.05) is 17.7 Å². The highest BCUT2D eigenvalue weighted by Crippen LogP contribution is 2.46. The number of nitrogens with two attached hydrogens (primary N) is 1. The summed E-state index contributed by atoms with van der Waals surface area (Å²) in [6.07, 6.45) is 2.30. The van der Waals surface area contributed by atoms with E-state index in [1.165, 1.54) is 17.4 Å². The minimum atomic E-state index is -0.378. The Balaban J connectivity index is 2.14. The van der Waals surface area contributed by atoms with Crippen LogP contribution in [0.5, 0.6) is 0 Å². The Kier molecular flexibility index (Phi) is 2.56. The van der Waals surface area contributed by atoms with Gasteiger partial charge in [-0.05, 0) is 25.0 Å². The number of nitrogens with zero attached hydrogens (tertiary/aromatic N) is 1. The van der Waals surface area contributed by atoms with Gasteiger partial charge >= 0.3 is 0 Å². The first-order chi connectivity index (χ1) is 8.16. The number of halogens is 2. The van der Waals surface area contributed by atoms with Gasteiger partial charge in [0.15, 0.2) is 0 Å². The Labute approximate surface area is 107 Å². The number of anilines is 1. The summed E-state index contributed by atoms with van der Waals surface area (Å²) in [4.78, 5) is 4.43. The highest BCUT2D eigenvalue weighted by Gasteiger charge is 2.29. The van der Waals surface area contributed by atoms with E-state index in [9.17, 15) is 4.39 Å². The molecule has 0 aliphatic heterocycles. The third-order valence-corrected chi connectivity index (χ3v) is 4.16. The van der Waals surface area contributed by atoms with Gasteiger partial charge in [-0.2, -0.15) is 0 Å². The first-order valence-corrected chi connectivity index (χ1v) is 6.57. The smallest absolute Gasteiger partial charge is 0.134 e. The average molecular weight is 269 g/mol. The highest BCUT2D eigenvalue weighted by molar-refractivity contribution is 7.16. The van der Waals surface area contributed by atoms with Gasteiger partial charge in [0.2, 0.25) is 0 Å². The molecule has 1 aliphatic carbocycles. The molecule has 2 nitrogen and oxygen atoms in total. The van der Waals surface area contributed by atoms with E-state index in [2.05, 4.69) is 4.98 Å². The van der Waals surface area contributed by atoms with Crippen molar-refractivity contribution >= 4 is 27.9 Å². The second-order valence-corrected chi connectivity index (χ2v) is 5.61. The number of thiazole rings is 1. The van der Waals surface area contributed by atoms with Crippen molar-refractivity contribution in [3.63, 3.8) is 0 Å². The Hall–Kier alpha value is -1.13. The summed E-state index contributed by atoms with van der Waals surface area (Å²) in [5, 5.41) is 1.89. The van der Waals surface area contributed by atoms with Crippen LogP contribution in [0.1, 0.15) is 23.8 Å².